The molecule has 0 radical (unpaired) electrons. The lowest BCUT2D eigenvalue weighted by atomic mass is 9.70. The molecular weight excluding hydrogens is 148 g/mol. The standard InChI is InChI=1S/C10H22N2/c1-10(2,3)8-6-4-5-7-9(8)12-11/h8-9,12H,4-7,11H2,1-3H3/t8-,9+/m0/s1. The maximum atomic E-state index is 5.54. The lowest BCUT2D eigenvalue weighted by Gasteiger charge is -2.40. The molecule has 1 saturated carbocycles. The van der Waals surface area contributed by atoms with Gasteiger partial charge in [0.1, 0.15) is 0 Å². The van der Waals surface area contributed by atoms with Crippen molar-refractivity contribution in [1.82, 2.24) is 5.43 Å². The summed E-state index contributed by atoms with van der Waals surface area (Å²) >= 11 is 0. The van der Waals surface area contributed by atoms with Gasteiger partial charge < -0.3 is 0 Å². The summed E-state index contributed by atoms with van der Waals surface area (Å²) < 4.78 is 0. The zero-order valence-electron chi connectivity index (χ0n) is 8.56. The molecule has 0 aromatic carbocycles. The molecule has 0 heterocycles. The second-order valence-corrected chi connectivity index (χ2v) is 5.03. The van der Waals surface area contributed by atoms with E-state index < -0.39 is 0 Å². The first kappa shape index (κ1) is 10.0. The van der Waals surface area contributed by atoms with Crippen LogP contribution >= 0.6 is 0 Å². The van der Waals surface area contributed by atoms with E-state index in [2.05, 4.69) is 26.2 Å². The van der Waals surface area contributed by atoms with E-state index in [1.165, 1.54) is 25.7 Å². The molecule has 0 aromatic rings. The van der Waals surface area contributed by atoms with Gasteiger partial charge in [0.05, 0.1) is 0 Å². The van der Waals surface area contributed by atoms with Crippen molar-refractivity contribution in [1.29, 1.82) is 0 Å². The summed E-state index contributed by atoms with van der Waals surface area (Å²) in [4.78, 5) is 0. The van der Waals surface area contributed by atoms with Gasteiger partial charge in [0.25, 0.3) is 0 Å². The smallest absolute Gasteiger partial charge is 0.0243 e. The van der Waals surface area contributed by atoms with Crippen LogP contribution in [0.5, 0.6) is 0 Å². The maximum absolute atomic E-state index is 5.54. The Morgan fingerprint density at radius 3 is 2.17 bits per heavy atom. The number of nitrogens with one attached hydrogen (secondary N) is 1. The topological polar surface area (TPSA) is 38.0 Å². The molecule has 12 heavy (non-hydrogen) atoms. The molecule has 0 amide bonds. The Labute approximate surface area is 75.9 Å². The summed E-state index contributed by atoms with van der Waals surface area (Å²) in [6.07, 6.45) is 5.29. The van der Waals surface area contributed by atoms with Crippen LogP contribution in [0.2, 0.25) is 0 Å². The van der Waals surface area contributed by atoms with E-state index in [1.807, 2.05) is 0 Å². The van der Waals surface area contributed by atoms with Gasteiger partial charge >= 0.3 is 0 Å². The molecule has 2 heteroatoms. The average Bonchev–Trinajstić information content (AvgIpc) is 2.03. The van der Waals surface area contributed by atoms with Crippen LogP contribution in [0.1, 0.15) is 46.5 Å². The summed E-state index contributed by atoms with van der Waals surface area (Å²) in [6.45, 7) is 6.94. The molecule has 0 aromatic heterocycles. The third-order valence-electron chi connectivity index (χ3n) is 3.09. The number of hydrazine groups is 1. The molecule has 1 rings (SSSR count). The molecule has 2 atom stereocenters. The van der Waals surface area contributed by atoms with Crippen LogP contribution in [0, 0.1) is 11.3 Å². The van der Waals surface area contributed by atoms with Crippen molar-refractivity contribution in [2.24, 2.45) is 17.2 Å². The Kier molecular flexibility index (Phi) is 3.13. The highest BCUT2D eigenvalue weighted by molar-refractivity contribution is 4.86. The number of nitrogens with two attached hydrogens (primary N) is 1. The molecule has 1 fully saturated rings. The quantitative estimate of drug-likeness (QED) is 0.467. The molecular formula is C10H22N2. The van der Waals surface area contributed by atoms with Gasteiger partial charge in [-0.15, -0.1) is 0 Å². The summed E-state index contributed by atoms with van der Waals surface area (Å²) in [5.41, 5.74) is 3.36. The van der Waals surface area contributed by atoms with Crippen LogP contribution in [0.15, 0.2) is 0 Å². The van der Waals surface area contributed by atoms with Crippen molar-refractivity contribution in [3.63, 3.8) is 0 Å². The lowest BCUT2D eigenvalue weighted by Crippen LogP contribution is -2.47. The third kappa shape index (κ3) is 2.20. The predicted molar refractivity (Wildman–Crippen MR) is 52.5 cm³/mol. The molecule has 2 nitrogen and oxygen atoms in total. The van der Waals surface area contributed by atoms with Crippen LogP contribution in [0.25, 0.3) is 0 Å². The number of hydrogen-bond donors (Lipinski definition) is 2. The fourth-order valence-electron chi connectivity index (χ4n) is 2.37. The first-order valence-corrected chi connectivity index (χ1v) is 5.02. The van der Waals surface area contributed by atoms with E-state index in [0.29, 0.717) is 11.5 Å². The predicted octanol–water partition coefficient (Wildman–Crippen LogP) is 2.05. The summed E-state index contributed by atoms with van der Waals surface area (Å²) in [5.74, 6) is 6.29. The molecule has 3 N–H and O–H groups in total. The van der Waals surface area contributed by atoms with Crippen LogP contribution in [-0.4, -0.2) is 6.04 Å². The fourth-order valence-corrected chi connectivity index (χ4v) is 2.37. The van der Waals surface area contributed by atoms with Crippen LogP contribution in [0.4, 0.5) is 0 Å². The zero-order chi connectivity index (χ0) is 9.19. The minimum Gasteiger partial charge on any atom is -0.271 e. The fraction of sp³-hybridized carbons (Fsp3) is 1.00. The van der Waals surface area contributed by atoms with Crippen molar-refractivity contribution >= 4 is 0 Å². The van der Waals surface area contributed by atoms with Crippen LogP contribution in [0.3, 0.4) is 0 Å². The van der Waals surface area contributed by atoms with E-state index in [4.69, 9.17) is 5.84 Å². The average molecular weight is 170 g/mol. The maximum Gasteiger partial charge on any atom is 0.0243 e. The normalized spacial score (nSPS) is 32.0. The van der Waals surface area contributed by atoms with Crippen LogP contribution in [-0.2, 0) is 0 Å². The van der Waals surface area contributed by atoms with Gasteiger partial charge in [-0.1, -0.05) is 33.6 Å². The minimum atomic E-state index is 0.400. The second kappa shape index (κ2) is 3.75. The summed E-state index contributed by atoms with van der Waals surface area (Å²) in [5, 5.41) is 0. The Balaban J connectivity index is 2.59. The van der Waals surface area contributed by atoms with Gasteiger partial charge in [-0.25, -0.2) is 0 Å². The van der Waals surface area contributed by atoms with Crippen molar-refractivity contribution in [2.75, 3.05) is 0 Å². The van der Waals surface area contributed by atoms with E-state index in [0.717, 1.165) is 5.92 Å². The van der Waals surface area contributed by atoms with Gasteiger partial charge in [0.15, 0.2) is 0 Å². The molecule has 0 saturated heterocycles. The minimum absolute atomic E-state index is 0.400. The Morgan fingerprint density at radius 1 is 1.17 bits per heavy atom. The van der Waals surface area contributed by atoms with Gasteiger partial charge in [0, 0.05) is 6.04 Å². The first-order chi connectivity index (χ1) is 5.55. The number of hydrogen-bond acceptors (Lipinski definition) is 2. The van der Waals surface area contributed by atoms with Crippen molar-refractivity contribution in [3.8, 4) is 0 Å². The van der Waals surface area contributed by atoms with Crippen molar-refractivity contribution < 1.29 is 0 Å². The largest absolute Gasteiger partial charge is 0.271 e. The molecule has 1 aliphatic carbocycles. The highest BCUT2D eigenvalue weighted by atomic mass is 15.2. The van der Waals surface area contributed by atoms with Gasteiger partial charge in [-0.05, 0) is 24.2 Å². The molecule has 0 spiro atoms. The molecule has 1 aliphatic rings. The Morgan fingerprint density at radius 2 is 1.75 bits per heavy atom. The van der Waals surface area contributed by atoms with Gasteiger partial charge in [-0.2, -0.15) is 0 Å². The third-order valence-corrected chi connectivity index (χ3v) is 3.09. The first-order valence-electron chi connectivity index (χ1n) is 5.02. The SMILES string of the molecule is CC(C)(C)[C@H]1CCCC[C@H]1NN. The molecule has 0 aliphatic heterocycles. The summed E-state index contributed by atoms with van der Waals surface area (Å²) in [7, 11) is 0. The Bertz CT molecular complexity index is 137. The zero-order valence-corrected chi connectivity index (χ0v) is 8.56. The molecule has 72 valence electrons. The van der Waals surface area contributed by atoms with Crippen molar-refractivity contribution in [2.45, 2.75) is 52.5 Å². The monoisotopic (exact) mass is 170 g/mol. The second-order valence-electron chi connectivity index (χ2n) is 5.03. The van der Waals surface area contributed by atoms with Gasteiger partial charge in [0.2, 0.25) is 0 Å². The lowest BCUT2D eigenvalue weighted by molar-refractivity contribution is 0.131. The van der Waals surface area contributed by atoms with E-state index >= 15 is 0 Å². The highest BCUT2D eigenvalue weighted by Gasteiger charge is 2.33. The van der Waals surface area contributed by atoms with Crippen molar-refractivity contribution in [3.05, 3.63) is 0 Å². The van der Waals surface area contributed by atoms with Gasteiger partial charge in [-0.3, -0.25) is 11.3 Å². The molecule has 0 bridgehead atoms. The van der Waals surface area contributed by atoms with E-state index in [-0.39, 0.29) is 0 Å². The molecule has 0 unspecified atom stereocenters. The number of rotatable bonds is 1. The van der Waals surface area contributed by atoms with E-state index in [1.54, 1.807) is 0 Å². The summed E-state index contributed by atoms with van der Waals surface area (Å²) in [6, 6.07) is 0.541. The van der Waals surface area contributed by atoms with Crippen LogP contribution < -0.4 is 11.3 Å². The van der Waals surface area contributed by atoms with E-state index in [9.17, 15) is 0 Å². The Hall–Kier alpha value is -0.0800. The highest BCUT2D eigenvalue weighted by Crippen LogP contribution is 2.37.